The van der Waals surface area contributed by atoms with Gasteiger partial charge in [0.1, 0.15) is 0 Å². The van der Waals surface area contributed by atoms with Crippen LogP contribution in [-0.2, 0) is 0 Å². The highest BCUT2D eigenvalue weighted by Crippen LogP contribution is 2.57. The van der Waals surface area contributed by atoms with Crippen molar-refractivity contribution in [3.05, 3.63) is 0 Å². The van der Waals surface area contributed by atoms with E-state index in [4.69, 9.17) is 0 Å². The second-order valence-electron chi connectivity index (χ2n) is 4.98. The van der Waals surface area contributed by atoms with Crippen LogP contribution in [0.15, 0.2) is 0 Å². The van der Waals surface area contributed by atoms with Gasteiger partial charge in [-0.2, -0.15) is 0 Å². The Morgan fingerprint density at radius 2 is 1.77 bits per heavy atom. The van der Waals surface area contributed by atoms with Crippen molar-refractivity contribution in [1.29, 1.82) is 0 Å². The van der Waals surface area contributed by atoms with E-state index in [9.17, 15) is 5.11 Å². The Morgan fingerprint density at radius 1 is 1.08 bits per heavy atom. The van der Waals surface area contributed by atoms with Crippen molar-refractivity contribution in [2.45, 2.75) is 39.5 Å². The first kappa shape index (κ1) is 9.51. The number of aliphatic hydroxyl groups excluding tert-OH is 1. The van der Waals surface area contributed by atoms with E-state index in [0.717, 1.165) is 23.7 Å². The molecule has 2 fully saturated rings. The van der Waals surface area contributed by atoms with Crippen LogP contribution in [0.1, 0.15) is 39.5 Å². The van der Waals surface area contributed by atoms with Gasteiger partial charge in [-0.15, -0.1) is 0 Å². The molecular weight excluding hydrogens is 160 g/mol. The van der Waals surface area contributed by atoms with Crippen molar-refractivity contribution >= 4 is 0 Å². The molecule has 0 radical (unpaired) electrons. The van der Waals surface area contributed by atoms with Crippen LogP contribution in [-0.4, -0.2) is 11.7 Å². The maximum absolute atomic E-state index is 9.26. The molecule has 1 heteroatoms. The molecule has 0 saturated heterocycles. The summed E-state index contributed by atoms with van der Waals surface area (Å²) in [4.78, 5) is 0. The Bertz CT molecular complexity index is 178. The Morgan fingerprint density at radius 3 is 2.31 bits per heavy atom. The van der Waals surface area contributed by atoms with Crippen LogP contribution in [0.2, 0.25) is 0 Å². The van der Waals surface area contributed by atoms with Crippen LogP contribution in [0.3, 0.4) is 0 Å². The van der Waals surface area contributed by atoms with E-state index >= 15 is 0 Å². The van der Waals surface area contributed by atoms with Gasteiger partial charge in [0.15, 0.2) is 0 Å². The van der Waals surface area contributed by atoms with Gasteiger partial charge in [0.2, 0.25) is 0 Å². The van der Waals surface area contributed by atoms with Crippen LogP contribution in [0.4, 0.5) is 0 Å². The molecule has 0 heterocycles. The van der Waals surface area contributed by atoms with Crippen LogP contribution < -0.4 is 0 Å². The van der Waals surface area contributed by atoms with Crippen LogP contribution >= 0.6 is 0 Å². The van der Waals surface area contributed by atoms with Gasteiger partial charge in [-0.05, 0) is 42.4 Å². The lowest BCUT2D eigenvalue weighted by atomic mass is 9.72. The van der Waals surface area contributed by atoms with E-state index in [0.29, 0.717) is 12.5 Å². The summed E-state index contributed by atoms with van der Waals surface area (Å²) in [5.74, 6) is 4.39. The fourth-order valence-corrected chi connectivity index (χ4v) is 4.19. The average molecular weight is 182 g/mol. The van der Waals surface area contributed by atoms with E-state index in [-0.39, 0.29) is 0 Å². The molecule has 0 aromatic carbocycles. The molecule has 0 amide bonds. The summed E-state index contributed by atoms with van der Waals surface area (Å²) in [5, 5.41) is 9.26. The monoisotopic (exact) mass is 182 g/mol. The summed E-state index contributed by atoms with van der Waals surface area (Å²) in [6.45, 7) is 5.10. The third-order valence-electron chi connectivity index (χ3n) is 4.67. The van der Waals surface area contributed by atoms with Gasteiger partial charge < -0.3 is 5.11 Å². The van der Waals surface area contributed by atoms with Crippen molar-refractivity contribution < 1.29 is 5.11 Å². The average Bonchev–Trinajstić information content (AvgIpc) is 2.72. The molecule has 2 bridgehead atoms. The summed E-state index contributed by atoms with van der Waals surface area (Å²) in [7, 11) is 0. The fourth-order valence-electron chi connectivity index (χ4n) is 4.19. The normalized spacial score (nSPS) is 48.7. The maximum Gasteiger partial charge on any atom is 0.0462 e. The second kappa shape index (κ2) is 3.61. The number of fused-ring (bicyclic) bond motifs is 2. The minimum atomic E-state index is 0.439. The van der Waals surface area contributed by atoms with Crippen molar-refractivity contribution in [3.63, 3.8) is 0 Å². The highest BCUT2D eigenvalue weighted by Gasteiger charge is 2.50. The Labute approximate surface area is 81.5 Å². The second-order valence-corrected chi connectivity index (χ2v) is 4.98. The zero-order chi connectivity index (χ0) is 9.42. The molecule has 5 unspecified atom stereocenters. The Hall–Kier alpha value is -0.0400. The molecule has 2 aliphatic carbocycles. The molecule has 2 rings (SSSR count). The van der Waals surface area contributed by atoms with Crippen molar-refractivity contribution in [2.24, 2.45) is 29.6 Å². The van der Waals surface area contributed by atoms with E-state index in [1.54, 1.807) is 0 Å². The molecule has 5 atom stereocenters. The third-order valence-corrected chi connectivity index (χ3v) is 4.67. The summed E-state index contributed by atoms with van der Waals surface area (Å²) >= 11 is 0. The van der Waals surface area contributed by atoms with Gasteiger partial charge in [0.25, 0.3) is 0 Å². The van der Waals surface area contributed by atoms with Gasteiger partial charge >= 0.3 is 0 Å². The quantitative estimate of drug-likeness (QED) is 0.711. The number of hydrogen-bond donors (Lipinski definition) is 1. The minimum absolute atomic E-state index is 0.439. The molecule has 1 N–H and O–H groups in total. The molecule has 76 valence electrons. The predicted octanol–water partition coefficient (Wildman–Crippen LogP) is 2.69. The van der Waals surface area contributed by atoms with Gasteiger partial charge in [0.05, 0.1) is 0 Å². The molecule has 0 aromatic rings. The van der Waals surface area contributed by atoms with Crippen LogP contribution in [0.25, 0.3) is 0 Å². The lowest BCUT2D eigenvalue weighted by Crippen LogP contribution is -2.29. The number of aliphatic hydroxyl groups is 1. The first-order valence-electron chi connectivity index (χ1n) is 5.92. The highest BCUT2D eigenvalue weighted by molar-refractivity contribution is 4.99. The molecule has 0 aliphatic heterocycles. The van der Waals surface area contributed by atoms with Gasteiger partial charge in [-0.25, -0.2) is 0 Å². The summed E-state index contributed by atoms with van der Waals surface area (Å²) in [6.07, 6.45) is 5.42. The van der Waals surface area contributed by atoms with Crippen LogP contribution in [0.5, 0.6) is 0 Å². The molecule has 1 nitrogen and oxygen atoms in total. The van der Waals surface area contributed by atoms with Crippen molar-refractivity contribution in [1.82, 2.24) is 0 Å². The molecular formula is C12H22O. The molecule has 0 aromatic heterocycles. The standard InChI is InChI=1S/C12H22O/c1-3-10-8-5-9(7-13)12(6-8)11(10)4-2/h8-13H,3-7H2,1-2H3. The third kappa shape index (κ3) is 1.32. The lowest BCUT2D eigenvalue weighted by molar-refractivity contribution is 0.101. The molecule has 2 saturated carbocycles. The van der Waals surface area contributed by atoms with E-state index in [1.165, 1.54) is 25.7 Å². The predicted molar refractivity (Wildman–Crippen MR) is 54.4 cm³/mol. The largest absolute Gasteiger partial charge is 0.396 e. The topological polar surface area (TPSA) is 20.2 Å². The Balaban J connectivity index is 2.08. The van der Waals surface area contributed by atoms with Crippen molar-refractivity contribution in [2.75, 3.05) is 6.61 Å². The van der Waals surface area contributed by atoms with E-state index in [2.05, 4.69) is 13.8 Å². The lowest BCUT2D eigenvalue weighted by Gasteiger charge is -2.34. The fraction of sp³-hybridized carbons (Fsp3) is 1.00. The van der Waals surface area contributed by atoms with Gasteiger partial charge in [-0.3, -0.25) is 0 Å². The number of hydrogen-bond acceptors (Lipinski definition) is 1. The molecule has 13 heavy (non-hydrogen) atoms. The Kier molecular flexibility index (Phi) is 2.64. The SMILES string of the molecule is CCC1C2CC(CO)C(C2)C1CC. The number of rotatable bonds is 3. The zero-order valence-corrected chi connectivity index (χ0v) is 8.87. The van der Waals surface area contributed by atoms with E-state index < -0.39 is 0 Å². The highest BCUT2D eigenvalue weighted by atomic mass is 16.3. The van der Waals surface area contributed by atoms with Gasteiger partial charge in [-0.1, -0.05) is 26.7 Å². The van der Waals surface area contributed by atoms with Gasteiger partial charge in [0, 0.05) is 6.61 Å². The summed E-state index contributed by atoms with van der Waals surface area (Å²) in [5.41, 5.74) is 0. The van der Waals surface area contributed by atoms with Crippen LogP contribution in [0, 0.1) is 29.6 Å². The first-order valence-corrected chi connectivity index (χ1v) is 5.92. The molecule has 2 aliphatic rings. The zero-order valence-electron chi connectivity index (χ0n) is 8.87. The summed E-state index contributed by atoms with van der Waals surface area (Å²) in [6, 6.07) is 0. The minimum Gasteiger partial charge on any atom is -0.396 e. The van der Waals surface area contributed by atoms with E-state index in [1.807, 2.05) is 0 Å². The first-order chi connectivity index (χ1) is 6.31. The smallest absolute Gasteiger partial charge is 0.0462 e. The summed E-state index contributed by atoms with van der Waals surface area (Å²) < 4.78 is 0. The maximum atomic E-state index is 9.26. The molecule has 0 spiro atoms. The van der Waals surface area contributed by atoms with Crippen molar-refractivity contribution in [3.8, 4) is 0 Å².